The molecule has 96 valence electrons. The smallest absolute Gasteiger partial charge is 0.146 e. The lowest BCUT2D eigenvalue weighted by Gasteiger charge is -2.08. The van der Waals surface area contributed by atoms with E-state index in [4.69, 9.17) is 11.6 Å². The average Bonchev–Trinajstić information content (AvgIpc) is 2.80. The van der Waals surface area contributed by atoms with Crippen LogP contribution in [0.1, 0.15) is 18.3 Å². The number of hydrogen-bond acceptors (Lipinski definition) is 3. The Hall–Kier alpha value is -1.46. The molecule has 0 unspecified atom stereocenters. The van der Waals surface area contributed by atoms with Crippen molar-refractivity contribution in [2.45, 2.75) is 20.0 Å². The lowest BCUT2D eigenvalue weighted by Crippen LogP contribution is -2.17. The van der Waals surface area contributed by atoms with Crippen molar-refractivity contribution in [2.75, 3.05) is 6.54 Å². The van der Waals surface area contributed by atoms with Gasteiger partial charge in [-0.3, -0.25) is 0 Å². The third-order valence-corrected chi connectivity index (χ3v) is 2.87. The fourth-order valence-corrected chi connectivity index (χ4v) is 1.82. The molecule has 0 radical (unpaired) electrons. The van der Waals surface area contributed by atoms with Crippen molar-refractivity contribution in [1.82, 2.24) is 20.1 Å². The van der Waals surface area contributed by atoms with E-state index in [1.165, 1.54) is 12.4 Å². The number of benzene rings is 1. The van der Waals surface area contributed by atoms with Crippen molar-refractivity contribution in [3.63, 3.8) is 0 Å². The summed E-state index contributed by atoms with van der Waals surface area (Å²) in [6.45, 7) is 3.79. The van der Waals surface area contributed by atoms with Gasteiger partial charge in [0.1, 0.15) is 18.0 Å². The fraction of sp³-hybridized carbons (Fsp3) is 0.333. The lowest BCUT2D eigenvalue weighted by atomic mass is 10.2. The Labute approximate surface area is 110 Å². The lowest BCUT2D eigenvalue weighted by molar-refractivity contribution is 0.560. The van der Waals surface area contributed by atoms with E-state index in [1.807, 2.05) is 6.92 Å². The van der Waals surface area contributed by atoms with Crippen LogP contribution in [0.4, 0.5) is 4.39 Å². The molecule has 0 fully saturated rings. The molecule has 0 aliphatic heterocycles. The molecule has 1 aromatic carbocycles. The number of halogens is 2. The zero-order valence-electron chi connectivity index (χ0n) is 10.0. The highest BCUT2D eigenvalue weighted by molar-refractivity contribution is 6.30. The zero-order valence-corrected chi connectivity index (χ0v) is 10.8. The molecule has 6 heteroatoms. The van der Waals surface area contributed by atoms with Crippen LogP contribution in [0.15, 0.2) is 24.5 Å². The normalized spacial score (nSPS) is 10.8. The average molecular weight is 269 g/mol. The maximum absolute atomic E-state index is 13.8. The minimum Gasteiger partial charge on any atom is -0.310 e. The van der Waals surface area contributed by atoms with Crippen LogP contribution >= 0.6 is 11.6 Å². The molecule has 0 bridgehead atoms. The number of aromatic nitrogens is 3. The Bertz CT molecular complexity index is 527. The minimum atomic E-state index is -0.399. The largest absolute Gasteiger partial charge is 0.310 e. The molecule has 0 spiro atoms. The summed E-state index contributed by atoms with van der Waals surface area (Å²) in [4.78, 5) is 4.14. The Morgan fingerprint density at radius 2 is 2.28 bits per heavy atom. The Kier molecular flexibility index (Phi) is 4.28. The summed E-state index contributed by atoms with van der Waals surface area (Å²) >= 11 is 5.74. The first kappa shape index (κ1) is 13.0. The Balaban J connectivity index is 2.18. The van der Waals surface area contributed by atoms with E-state index < -0.39 is 5.82 Å². The third kappa shape index (κ3) is 2.86. The molecule has 1 heterocycles. The summed E-state index contributed by atoms with van der Waals surface area (Å²) in [7, 11) is 0. The van der Waals surface area contributed by atoms with E-state index in [2.05, 4.69) is 15.4 Å². The molecule has 0 atom stereocenters. The molecular formula is C12H14ClFN4. The standard InChI is InChI=1S/C12H14ClFN4/c1-2-15-6-11-16-8-17-18(11)7-9-4-3-5-10(13)12(9)14/h3-5,8,15H,2,6-7H2,1H3. The van der Waals surface area contributed by atoms with Crippen LogP contribution in [0.25, 0.3) is 0 Å². The molecule has 0 amide bonds. The van der Waals surface area contributed by atoms with Crippen LogP contribution in [-0.2, 0) is 13.1 Å². The van der Waals surface area contributed by atoms with Gasteiger partial charge in [0.05, 0.1) is 18.1 Å². The molecule has 4 nitrogen and oxygen atoms in total. The second-order valence-electron chi connectivity index (χ2n) is 3.83. The second kappa shape index (κ2) is 5.93. The van der Waals surface area contributed by atoms with Crippen LogP contribution in [-0.4, -0.2) is 21.3 Å². The third-order valence-electron chi connectivity index (χ3n) is 2.58. The first-order valence-electron chi connectivity index (χ1n) is 5.72. The van der Waals surface area contributed by atoms with Gasteiger partial charge in [-0.2, -0.15) is 5.10 Å². The highest BCUT2D eigenvalue weighted by Crippen LogP contribution is 2.18. The van der Waals surface area contributed by atoms with Gasteiger partial charge in [-0.15, -0.1) is 0 Å². The summed E-state index contributed by atoms with van der Waals surface area (Å²) < 4.78 is 15.4. The summed E-state index contributed by atoms with van der Waals surface area (Å²) in [6.07, 6.45) is 1.47. The number of nitrogens with one attached hydrogen (secondary N) is 1. The van der Waals surface area contributed by atoms with Crippen LogP contribution in [0.3, 0.4) is 0 Å². The van der Waals surface area contributed by atoms with Crippen molar-refractivity contribution in [1.29, 1.82) is 0 Å². The zero-order chi connectivity index (χ0) is 13.0. The second-order valence-corrected chi connectivity index (χ2v) is 4.23. The first-order chi connectivity index (χ1) is 8.72. The van der Waals surface area contributed by atoms with Gasteiger partial charge in [-0.05, 0) is 12.6 Å². The van der Waals surface area contributed by atoms with Gasteiger partial charge in [-0.1, -0.05) is 30.7 Å². The molecule has 0 saturated heterocycles. The van der Waals surface area contributed by atoms with Crippen molar-refractivity contribution in [3.05, 3.63) is 46.8 Å². The van der Waals surface area contributed by atoms with Gasteiger partial charge in [0.15, 0.2) is 0 Å². The quantitative estimate of drug-likeness (QED) is 0.904. The highest BCUT2D eigenvalue weighted by Gasteiger charge is 2.10. The summed E-state index contributed by atoms with van der Waals surface area (Å²) in [5, 5.41) is 7.38. The predicted molar refractivity (Wildman–Crippen MR) is 67.9 cm³/mol. The molecular weight excluding hydrogens is 255 g/mol. The monoisotopic (exact) mass is 268 g/mol. The molecule has 0 aliphatic rings. The van der Waals surface area contributed by atoms with Crippen molar-refractivity contribution >= 4 is 11.6 Å². The molecule has 1 aromatic heterocycles. The molecule has 2 rings (SSSR count). The van der Waals surface area contributed by atoms with E-state index >= 15 is 0 Å². The molecule has 1 N–H and O–H groups in total. The topological polar surface area (TPSA) is 42.7 Å². The van der Waals surface area contributed by atoms with Gasteiger partial charge >= 0.3 is 0 Å². The summed E-state index contributed by atoms with van der Waals surface area (Å²) in [6, 6.07) is 4.95. The maximum Gasteiger partial charge on any atom is 0.146 e. The first-order valence-corrected chi connectivity index (χ1v) is 6.10. The van der Waals surface area contributed by atoms with E-state index in [9.17, 15) is 4.39 Å². The van der Waals surface area contributed by atoms with E-state index in [0.29, 0.717) is 18.7 Å². The molecule has 18 heavy (non-hydrogen) atoms. The van der Waals surface area contributed by atoms with E-state index in [0.717, 1.165) is 12.4 Å². The van der Waals surface area contributed by atoms with Gasteiger partial charge in [-0.25, -0.2) is 14.1 Å². The SMILES string of the molecule is CCNCc1ncnn1Cc1cccc(Cl)c1F. The fourth-order valence-electron chi connectivity index (χ4n) is 1.63. The number of nitrogens with zero attached hydrogens (tertiary/aromatic N) is 3. The maximum atomic E-state index is 13.8. The van der Waals surface area contributed by atoms with Crippen LogP contribution in [0.5, 0.6) is 0 Å². The van der Waals surface area contributed by atoms with E-state index in [-0.39, 0.29) is 5.02 Å². The number of hydrogen-bond donors (Lipinski definition) is 1. The molecule has 0 saturated carbocycles. The van der Waals surface area contributed by atoms with Crippen molar-refractivity contribution < 1.29 is 4.39 Å². The van der Waals surface area contributed by atoms with Crippen LogP contribution in [0.2, 0.25) is 5.02 Å². The Morgan fingerprint density at radius 1 is 1.44 bits per heavy atom. The Morgan fingerprint density at radius 3 is 3.06 bits per heavy atom. The predicted octanol–water partition coefficient (Wildman–Crippen LogP) is 2.23. The van der Waals surface area contributed by atoms with Crippen molar-refractivity contribution in [2.24, 2.45) is 0 Å². The molecule has 0 aliphatic carbocycles. The summed E-state index contributed by atoms with van der Waals surface area (Å²) in [5.41, 5.74) is 0.505. The minimum absolute atomic E-state index is 0.126. The van der Waals surface area contributed by atoms with Crippen LogP contribution < -0.4 is 5.32 Å². The highest BCUT2D eigenvalue weighted by atomic mass is 35.5. The van der Waals surface area contributed by atoms with Gasteiger partial charge in [0.25, 0.3) is 0 Å². The number of rotatable bonds is 5. The van der Waals surface area contributed by atoms with E-state index in [1.54, 1.807) is 16.8 Å². The van der Waals surface area contributed by atoms with Gasteiger partial charge in [0, 0.05) is 5.56 Å². The van der Waals surface area contributed by atoms with Gasteiger partial charge < -0.3 is 5.32 Å². The van der Waals surface area contributed by atoms with Crippen LogP contribution in [0, 0.1) is 5.82 Å². The summed E-state index contributed by atoms with van der Waals surface area (Å²) in [5.74, 6) is 0.375. The van der Waals surface area contributed by atoms with Crippen molar-refractivity contribution in [3.8, 4) is 0 Å². The molecule has 2 aromatic rings. The van der Waals surface area contributed by atoms with Gasteiger partial charge in [0.2, 0.25) is 0 Å².